The zero-order valence-electron chi connectivity index (χ0n) is 15.1. The van der Waals surface area contributed by atoms with Gasteiger partial charge in [0.05, 0.1) is 0 Å². The SMILES string of the molecule is CC=CCCCC(C)C(CC(CC)CCCC)C(C)C. The highest BCUT2D eigenvalue weighted by molar-refractivity contribution is 4.78. The Morgan fingerprint density at radius 1 is 0.950 bits per heavy atom. The minimum Gasteiger partial charge on any atom is -0.0917 e. The third kappa shape index (κ3) is 8.82. The van der Waals surface area contributed by atoms with Crippen molar-refractivity contribution < 1.29 is 0 Å². The van der Waals surface area contributed by atoms with Crippen LogP contribution in [0.2, 0.25) is 0 Å². The lowest BCUT2D eigenvalue weighted by Gasteiger charge is -2.31. The van der Waals surface area contributed by atoms with Crippen LogP contribution < -0.4 is 0 Å². The average molecular weight is 281 g/mol. The predicted octanol–water partition coefficient (Wildman–Crippen LogP) is 7.25. The van der Waals surface area contributed by atoms with Crippen molar-refractivity contribution in [2.75, 3.05) is 0 Å². The molecule has 0 N–H and O–H groups in total. The second kappa shape index (κ2) is 12.5. The quantitative estimate of drug-likeness (QED) is 0.261. The Bertz CT molecular complexity index is 226. The fraction of sp³-hybridized carbons (Fsp3) is 0.900. The van der Waals surface area contributed by atoms with Crippen molar-refractivity contribution in [3.8, 4) is 0 Å². The van der Waals surface area contributed by atoms with Gasteiger partial charge in [-0.15, -0.1) is 0 Å². The second-order valence-electron chi connectivity index (χ2n) is 7.04. The van der Waals surface area contributed by atoms with Gasteiger partial charge >= 0.3 is 0 Å². The summed E-state index contributed by atoms with van der Waals surface area (Å²) < 4.78 is 0. The van der Waals surface area contributed by atoms with Crippen LogP contribution in [0.3, 0.4) is 0 Å². The Labute approximate surface area is 129 Å². The zero-order chi connectivity index (χ0) is 15.4. The van der Waals surface area contributed by atoms with Gasteiger partial charge in [-0.05, 0) is 49.9 Å². The minimum absolute atomic E-state index is 0.836. The van der Waals surface area contributed by atoms with E-state index in [0.717, 1.165) is 23.7 Å². The van der Waals surface area contributed by atoms with E-state index in [1.54, 1.807) is 0 Å². The molecule has 0 bridgehead atoms. The Kier molecular flexibility index (Phi) is 12.3. The van der Waals surface area contributed by atoms with Gasteiger partial charge in [0.2, 0.25) is 0 Å². The van der Waals surface area contributed by atoms with Crippen molar-refractivity contribution in [2.45, 2.75) is 92.9 Å². The third-order valence-corrected chi connectivity index (χ3v) is 5.00. The molecule has 0 aliphatic rings. The maximum Gasteiger partial charge on any atom is -0.0351 e. The first-order chi connectivity index (χ1) is 9.56. The van der Waals surface area contributed by atoms with E-state index in [1.165, 1.54) is 51.4 Å². The monoisotopic (exact) mass is 280 g/mol. The van der Waals surface area contributed by atoms with E-state index in [1.807, 2.05) is 0 Å². The van der Waals surface area contributed by atoms with Crippen molar-refractivity contribution in [1.29, 1.82) is 0 Å². The Balaban J connectivity index is 4.30. The maximum absolute atomic E-state index is 2.49. The van der Waals surface area contributed by atoms with Crippen molar-refractivity contribution in [1.82, 2.24) is 0 Å². The van der Waals surface area contributed by atoms with Crippen molar-refractivity contribution >= 4 is 0 Å². The summed E-state index contributed by atoms with van der Waals surface area (Å²) in [5.41, 5.74) is 0. The standard InChI is InChI=1S/C20H40/c1-7-10-12-13-14-18(6)20(17(4)5)16-19(9-3)15-11-8-2/h7,10,17-20H,8-9,11-16H2,1-6H3. The number of allylic oxidation sites excluding steroid dienone is 2. The molecule has 0 aromatic rings. The normalized spacial score (nSPS) is 16.8. The lowest BCUT2D eigenvalue weighted by molar-refractivity contribution is 0.195. The minimum atomic E-state index is 0.836. The van der Waals surface area contributed by atoms with Crippen LogP contribution in [0.4, 0.5) is 0 Å². The summed E-state index contributed by atoms with van der Waals surface area (Å²) >= 11 is 0. The molecule has 120 valence electrons. The lowest BCUT2D eigenvalue weighted by Crippen LogP contribution is -2.21. The molecular formula is C20H40. The van der Waals surface area contributed by atoms with Gasteiger partial charge < -0.3 is 0 Å². The molecule has 0 nitrogen and oxygen atoms in total. The first-order valence-corrected chi connectivity index (χ1v) is 9.17. The number of hydrogen-bond donors (Lipinski definition) is 0. The van der Waals surface area contributed by atoms with Gasteiger partial charge in [0.25, 0.3) is 0 Å². The first-order valence-electron chi connectivity index (χ1n) is 9.17. The largest absolute Gasteiger partial charge is 0.0917 e. The van der Waals surface area contributed by atoms with Gasteiger partial charge in [-0.3, -0.25) is 0 Å². The molecule has 20 heavy (non-hydrogen) atoms. The maximum atomic E-state index is 2.49. The number of hydrogen-bond acceptors (Lipinski definition) is 0. The van der Waals surface area contributed by atoms with Gasteiger partial charge in [-0.2, -0.15) is 0 Å². The van der Waals surface area contributed by atoms with Crippen LogP contribution in [-0.2, 0) is 0 Å². The topological polar surface area (TPSA) is 0 Å². The summed E-state index contributed by atoms with van der Waals surface area (Å²) in [6.45, 7) is 14.2. The summed E-state index contributed by atoms with van der Waals surface area (Å²) in [5, 5.41) is 0. The van der Waals surface area contributed by atoms with E-state index in [2.05, 4.69) is 53.7 Å². The average Bonchev–Trinajstić information content (AvgIpc) is 2.43. The Hall–Kier alpha value is -0.260. The fourth-order valence-electron chi connectivity index (χ4n) is 3.47. The molecule has 0 fully saturated rings. The van der Waals surface area contributed by atoms with Crippen LogP contribution in [0, 0.1) is 23.7 Å². The van der Waals surface area contributed by atoms with Crippen molar-refractivity contribution in [3.63, 3.8) is 0 Å². The summed E-state index contributed by atoms with van der Waals surface area (Å²) in [6, 6.07) is 0. The molecule has 0 saturated carbocycles. The van der Waals surface area contributed by atoms with Gasteiger partial charge in [0.1, 0.15) is 0 Å². The molecule has 3 unspecified atom stereocenters. The molecule has 0 spiro atoms. The van der Waals surface area contributed by atoms with Crippen LogP contribution >= 0.6 is 0 Å². The summed E-state index contributed by atoms with van der Waals surface area (Å²) in [6.07, 6.45) is 15.6. The van der Waals surface area contributed by atoms with Gasteiger partial charge in [-0.25, -0.2) is 0 Å². The smallest absolute Gasteiger partial charge is 0.0351 e. The molecule has 0 amide bonds. The predicted molar refractivity (Wildman–Crippen MR) is 94.1 cm³/mol. The molecule has 0 heterocycles. The molecule has 0 saturated heterocycles. The molecule has 3 atom stereocenters. The molecular weight excluding hydrogens is 240 g/mol. The molecule has 0 radical (unpaired) electrons. The number of unbranched alkanes of at least 4 members (excludes halogenated alkanes) is 2. The molecule has 0 rings (SSSR count). The Morgan fingerprint density at radius 2 is 1.65 bits per heavy atom. The molecule has 0 heteroatoms. The van der Waals surface area contributed by atoms with E-state index in [-0.39, 0.29) is 0 Å². The van der Waals surface area contributed by atoms with E-state index >= 15 is 0 Å². The molecule has 0 aliphatic heterocycles. The highest BCUT2D eigenvalue weighted by atomic mass is 14.3. The third-order valence-electron chi connectivity index (χ3n) is 5.00. The lowest BCUT2D eigenvalue weighted by atomic mass is 9.75. The summed E-state index contributed by atoms with van der Waals surface area (Å²) in [4.78, 5) is 0. The second-order valence-corrected chi connectivity index (χ2v) is 7.04. The molecule has 0 aromatic carbocycles. The van der Waals surface area contributed by atoms with Crippen LogP contribution in [0.15, 0.2) is 12.2 Å². The van der Waals surface area contributed by atoms with Gasteiger partial charge in [-0.1, -0.05) is 78.9 Å². The van der Waals surface area contributed by atoms with E-state index in [9.17, 15) is 0 Å². The zero-order valence-corrected chi connectivity index (χ0v) is 15.1. The summed E-state index contributed by atoms with van der Waals surface area (Å²) in [7, 11) is 0. The highest BCUT2D eigenvalue weighted by Crippen LogP contribution is 2.33. The van der Waals surface area contributed by atoms with Crippen molar-refractivity contribution in [3.05, 3.63) is 12.2 Å². The van der Waals surface area contributed by atoms with Crippen LogP contribution in [0.1, 0.15) is 92.9 Å². The molecule has 0 aromatic heterocycles. The van der Waals surface area contributed by atoms with Crippen LogP contribution in [0.5, 0.6) is 0 Å². The van der Waals surface area contributed by atoms with Crippen molar-refractivity contribution in [2.24, 2.45) is 23.7 Å². The first kappa shape index (κ1) is 19.7. The van der Waals surface area contributed by atoms with Crippen LogP contribution in [-0.4, -0.2) is 0 Å². The van der Waals surface area contributed by atoms with E-state index in [4.69, 9.17) is 0 Å². The van der Waals surface area contributed by atoms with Gasteiger partial charge in [0, 0.05) is 0 Å². The number of rotatable bonds is 12. The highest BCUT2D eigenvalue weighted by Gasteiger charge is 2.23. The Morgan fingerprint density at radius 3 is 2.15 bits per heavy atom. The fourth-order valence-corrected chi connectivity index (χ4v) is 3.47. The van der Waals surface area contributed by atoms with Crippen LogP contribution in [0.25, 0.3) is 0 Å². The molecule has 0 aliphatic carbocycles. The van der Waals surface area contributed by atoms with Gasteiger partial charge in [0.15, 0.2) is 0 Å². The van der Waals surface area contributed by atoms with E-state index < -0.39 is 0 Å². The summed E-state index contributed by atoms with van der Waals surface area (Å²) in [5.74, 6) is 3.60. The van der Waals surface area contributed by atoms with E-state index in [0.29, 0.717) is 0 Å².